The van der Waals surface area contributed by atoms with Crippen molar-refractivity contribution >= 4 is 34.9 Å². The summed E-state index contributed by atoms with van der Waals surface area (Å²) >= 11 is 3.63. The number of ether oxygens (including phenoxy) is 1. The van der Waals surface area contributed by atoms with Gasteiger partial charge in [-0.05, 0) is 55.0 Å². The molecule has 1 fully saturated rings. The molecular formula is C18H22O2S2. The first-order valence-electron chi connectivity index (χ1n) is 7.54. The summed E-state index contributed by atoms with van der Waals surface area (Å²) in [4.78, 5) is 12.7. The Balaban J connectivity index is 2.11. The van der Waals surface area contributed by atoms with Crippen LogP contribution in [0.4, 0.5) is 0 Å². The van der Waals surface area contributed by atoms with Gasteiger partial charge >= 0.3 is 0 Å². The summed E-state index contributed by atoms with van der Waals surface area (Å²) in [7, 11) is 1.68. The highest BCUT2D eigenvalue weighted by molar-refractivity contribution is 8.18. The minimum atomic E-state index is -0.291. The average Bonchev–Trinajstić information content (AvgIpc) is 2.98. The number of fused-ring (bicyclic) bond motifs is 1. The Bertz CT molecular complexity index is 616. The lowest BCUT2D eigenvalue weighted by molar-refractivity contribution is -0.125. The minimum absolute atomic E-state index is 0.195. The molecule has 2 aliphatic carbocycles. The van der Waals surface area contributed by atoms with Crippen LogP contribution >= 0.6 is 23.5 Å². The molecular weight excluding hydrogens is 312 g/mol. The summed E-state index contributed by atoms with van der Waals surface area (Å²) in [5.74, 6) is 1.64. The maximum Gasteiger partial charge on any atom is 0.141 e. The van der Waals surface area contributed by atoms with Gasteiger partial charge in [-0.15, -0.1) is 23.5 Å². The molecule has 0 aromatic heterocycles. The normalized spacial score (nSPS) is 29.4. The van der Waals surface area contributed by atoms with Gasteiger partial charge in [0.1, 0.15) is 11.5 Å². The Hall–Kier alpha value is -0.870. The number of allylic oxidation sites excluding steroid dienone is 1. The fraction of sp³-hybridized carbons (Fsp3) is 0.500. The molecule has 2 aliphatic rings. The molecule has 0 amide bonds. The fourth-order valence-corrected chi connectivity index (χ4v) is 6.95. The predicted molar refractivity (Wildman–Crippen MR) is 96.6 cm³/mol. The Labute approximate surface area is 141 Å². The predicted octanol–water partition coefficient (Wildman–Crippen LogP) is 4.50. The summed E-state index contributed by atoms with van der Waals surface area (Å²) in [6, 6.07) is 8.22. The number of rotatable bonds is 4. The van der Waals surface area contributed by atoms with Gasteiger partial charge in [-0.3, -0.25) is 4.79 Å². The average molecular weight is 335 g/mol. The molecule has 0 N–H and O–H groups in total. The van der Waals surface area contributed by atoms with E-state index in [0.717, 1.165) is 18.6 Å². The van der Waals surface area contributed by atoms with E-state index in [4.69, 9.17) is 4.74 Å². The molecule has 0 bridgehead atoms. The summed E-state index contributed by atoms with van der Waals surface area (Å²) in [6.07, 6.45) is 8.33. The Kier molecular flexibility index (Phi) is 4.11. The maximum atomic E-state index is 12.7. The SMILES string of the molecule is COc1ccc(C2=C[C@H]3CCC(=O)[C@@]3(C)C2(SC)SC)cc1. The van der Waals surface area contributed by atoms with E-state index in [2.05, 4.69) is 37.6 Å². The molecule has 0 aliphatic heterocycles. The summed E-state index contributed by atoms with van der Waals surface area (Å²) in [5, 5.41) is 0. The standard InChI is InChI=1S/C18H22O2S2/c1-17-13(7-10-16(17)19)11-15(18(17,21-3)22-4)12-5-8-14(20-2)9-6-12/h5-6,8-9,11,13H,7,10H2,1-4H3/t13-,17+/m1/s1. The van der Waals surface area contributed by atoms with Gasteiger partial charge in [0, 0.05) is 6.42 Å². The number of hydrogen-bond donors (Lipinski definition) is 0. The van der Waals surface area contributed by atoms with Crippen LogP contribution < -0.4 is 4.74 Å². The van der Waals surface area contributed by atoms with Crippen molar-refractivity contribution in [1.29, 1.82) is 0 Å². The molecule has 0 unspecified atom stereocenters. The van der Waals surface area contributed by atoms with Gasteiger partial charge in [-0.25, -0.2) is 0 Å². The van der Waals surface area contributed by atoms with E-state index < -0.39 is 0 Å². The van der Waals surface area contributed by atoms with E-state index in [1.807, 2.05) is 35.7 Å². The van der Waals surface area contributed by atoms with Gasteiger partial charge in [0.15, 0.2) is 0 Å². The van der Waals surface area contributed by atoms with E-state index in [9.17, 15) is 4.79 Å². The van der Waals surface area contributed by atoms with Gasteiger partial charge in [-0.2, -0.15) is 0 Å². The summed E-state index contributed by atoms with van der Waals surface area (Å²) in [6.45, 7) is 2.17. The third-order valence-electron chi connectivity index (χ3n) is 5.39. The molecule has 2 atom stereocenters. The van der Waals surface area contributed by atoms with Crippen LogP contribution in [0.25, 0.3) is 5.57 Å². The number of thioether (sulfide) groups is 2. The van der Waals surface area contributed by atoms with Gasteiger partial charge < -0.3 is 4.74 Å². The van der Waals surface area contributed by atoms with Crippen LogP contribution in [0.15, 0.2) is 30.3 Å². The first kappa shape index (κ1) is 16.0. The molecule has 22 heavy (non-hydrogen) atoms. The fourth-order valence-electron chi connectivity index (χ4n) is 4.09. The second kappa shape index (κ2) is 5.64. The number of carbonyl (C=O) groups is 1. The first-order chi connectivity index (χ1) is 10.5. The number of ketones is 1. The summed E-state index contributed by atoms with van der Waals surface area (Å²) in [5.41, 5.74) is 2.21. The van der Waals surface area contributed by atoms with E-state index in [-0.39, 0.29) is 9.49 Å². The smallest absolute Gasteiger partial charge is 0.141 e. The monoisotopic (exact) mass is 334 g/mol. The molecule has 3 rings (SSSR count). The van der Waals surface area contributed by atoms with Crippen LogP contribution in [-0.4, -0.2) is 29.5 Å². The van der Waals surface area contributed by atoms with Crippen LogP contribution in [-0.2, 0) is 4.79 Å². The maximum absolute atomic E-state index is 12.7. The zero-order chi connectivity index (χ0) is 16.0. The molecule has 2 nitrogen and oxygen atoms in total. The largest absolute Gasteiger partial charge is 0.497 e. The van der Waals surface area contributed by atoms with Gasteiger partial charge in [0.2, 0.25) is 0 Å². The molecule has 1 saturated carbocycles. The highest BCUT2D eigenvalue weighted by Gasteiger charge is 2.64. The van der Waals surface area contributed by atoms with Crippen LogP contribution in [0.2, 0.25) is 0 Å². The molecule has 4 heteroatoms. The number of hydrogen-bond acceptors (Lipinski definition) is 4. The number of carbonyl (C=O) groups excluding carboxylic acids is 1. The topological polar surface area (TPSA) is 26.3 Å². The molecule has 0 saturated heterocycles. The number of methoxy groups -OCH3 is 1. The van der Waals surface area contributed by atoms with Crippen LogP contribution in [0, 0.1) is 11.3 Å². The first-order valence-corrected chi connectivity index (χ1v) is 9.98. The van der Waals surface area contributed by atoms with E-state index >= 15 is 0 Å². The lowest BCUT2D eigenvalue weighted by Crippen LogP contribution is -2.44. The van der Waals surface area contributed by atoms with Crippen molar-refractivity contribution in [2.75, 3.05) is 19.6 Å². The minimum Gasteiger partial charge on any atom is -0.497 e. The van der Waals surface area contributed by atoms with Crippen molar-refractivity contribution in [2.45, 2.75) is 23.8 Å². The molecule has 0 heterocycles. The molecule has 0 spiro atoms. The quantitative estimate of drug-likeness (QED) is 0.757. The summed E-state index contributed by atoms with van der Waals surface area (Å²) < 4.78 is 5.07. The third-order valence-corrected chi connectivity index (χ3v) is 8.82. The highest BCUT2D eigenvalue weighted by Crippen LogP contribution is 2.67. The Morgan fingerprint density at radius 1 is 1.18 bits per heavy atom. The van der Waals surface area contributed by atoms with Crippen molar-refractivity contribution in [3.05, 3.63) is 35.9 Å². The number of benzene rings is 1. The Morgan fingerprint density at radius 2 is 1.82 bits per heavy atom. The van der Waals surface area contributed by atoms with E-state index in [1.54, 1.807) is 7.11 Å². The molecule has 1 aromatic carbocycles. The molecule has 118 valence electrons. The van der Waals surface area contributed by atoms with Crippen molar-refractivity contribution in [3.8, 4) is 5.75 Å². The lowest BCUT2D eigenvalue weighted by atomic mass is 9.79. The zero-order valence-electron chi connectivity index (χ0n) is 13.5. The second-order valence-electron chi connectivity index (χ2n) is 6.10. The van der Waals surface area contributed by atoms with Crippen molar-refractivity contribution in [1.82, 2.24) is 0 Å². The highest BCUT2D eigenvalue weighted by atomic mass is 32.2. The van der Waals surface area contributed by atoms with Gasteiger partial charge in [-0.1, -0.05) is 18.2 Å². The van der Waals surface area contributed by atoms with Crippen molar-refractivity contribution < 1.29 is 9.53 Å². The van der Waals surface area contributed by atoms with E-state index in [1.165, 1.54) is 11.1 Å². The van der Waals surface area contributed by atoms with E-state index in [0.29, 0.717) is 11.7 Å². The van der Waals surface area contributed by atoms with Crippen LogP contribution in [0.1, 0.15) is 25.3 Å². The lowest BCUT2D eigenvalue weighted by Gasteiger charge is -2.42. The van der Waals surface area contributed by atoms with Gasteiger partial charge in [0.05, 0.1) is 16.6 Å². The second-order valence-corrected chi connectivity index (χ2v) is 8.40. The Morgan fingerprint density at radius 3 is 2.36 bits per heavy atom. The van der Waals surface area contributed by atoms with Crippen molar-refractivity contribution in [2.24, 2.45) is 11.3 Å². The van der Waals surface area contributed by atoms with Gasteiger partial charge in [0.25, 0.3) is 0 Å². The third kappa shape index (κ3) is 1.93. The molecule has 1 aromatic rings. The zero-order valence-corrected chi connectivity index (χ0v) is 15.1. The van der Waals surface area contributed by atoms with Crippen LogP contribution in [0.3, 0.4) is 0 Å². The molecule has 0 radical (unpaired) electrons. The number of Topliss-reactive ketones (excluding diaryl/α,β-unsaturated/α-hetero) is 1. The van der Waals surface area contributed by atoms with Crippen molar-refractivity contribution in [3.63, 3.8) is 0 Å². The van der Waals surface area contributed by atoms with Crippen LogP contribution in [0.5, 0.6) is 5.75 Å².